The summed E-state index contributed by atoms with van der Waals surface area (Å²) < 4.78 is 0. The number of terminal acetylenes is 1. The molecule has 2 nitrogen and oxygen atoms in total. The van der Waals surface area contributed by atoms with Crippen molar-refractivity contribution >= 4 is 0 Å². The van der Waals surface area contributed by atoms with E-state index in [2.05, 4.69) is 5.92 Å². The molecule has 0 aliphatic rings. The maximum atomic E-state index is 8.85. The fraction of sp³-hybridized carbons (Fsp3) is 0.333. The largest absolute Gasteiger partial charge is 0.396 e. The summed E-state index contributed by atoms with van der Waals surface area (Å²) in [6, 6.07) is 7.53. The quantitative estimate of drug-likeness (QED) is 0.702. The average Bonchev–Trinajstić information content (AvgIpc) is 2.18. The number of rotatable bonds is 3. The van der Waals surface area contributed by atoms with Gasteiger partial charge in [0.25, 0.3) is 0 Å². The summed E-state index contributed by atoms with van der Waals surface area (Å²) in [6.45, 7) is 1.98. The van der Waals surface area contributed by atoms with Crippen LogP contribution in [-0.2, 0) is 5.54 Å². The predicted molar refractivity (Wildman–Crippen MR) is 57.6 cm³/mol. The molecule has 0 bridgehead atoms. The molecule has 1 aromatic rings. The Bertz CT molecular complexity index is 332. The average molecular weight is 189 g/mol. The van der Waals surface area contributed by atoms with Crippen LogP contribution < -0.4 is 5.73 Å². The third-order valence-corrected chi connectivity index (χ3v) is 2.34. The first-order valence-electron chi connectivity index (χ1n) is 4.57. The van der Waals surface area contributed by atoms with Crippen molar-refractivity contribution in [3.05, 3.63) is 35.4 Å². The number of aliphatic hydroxyl groups excluding tert-OH is 1. The number of nitrogens with two attached hydrogens (primary N) is 1. The zero-order chi connectivity index (χ0) is 10.6. The van der Waals surface area contributed by atoms with Crippen molar-refractivity contribution in [2.75, 3.05) is 6.61 Å². The van der Waals surface area contributed by atoms with Crippen LogP contribution >= 0.6 is 0 Å². The highest BCUT2D eigenvalue weighted by atomic mass is 16.3. The van der Waals surface area contributed by atoms with E-state index in [1.165, 1.54) is 0 Å². The Morgan fingerprint density at radius 1 is 1.43 bits per heavy atom. The number of hydrogen-bond acceptors (Lipinski definition) is 2. The van der Waals surface area contributed by atoms with Gasteiger partial charge >= 0.3 is 0 Å². The highest BCUT2D eigenvalue weighted by Gasteiger charge is 2.19. The lowest BCUT2D eigenvalue weighted by Crippen LogP contribution is -2.33. The van der Waals surface area contributed by atoms with E-state index in [4.69, 9.17) is 17.3 Å². The number of hydrogen-bond donors (Lipinski definition) is 2. The molecule has 0 aliphatic heterocycles. The molecule has 1 aromatic carbocycles. The Kier molecular flexibility index (Phi) is 3.29. The Morgan fingerprint density at radius 2 is 2.00 bits per heavy atom. The van der Waals surface area contributed by atoms with Gasteiger partial charge in [0, 0.05) is 17.7 Å². The summed E-state index contributed by atoms with van der Waals surface area (Å²) in [4.78, 5) is 0. The molecule has 0 spiro atoms. The third-order valence-electron chi connectivity index (χ3n) is 2.34. The van der Waals surface area contributed by atoms with Crippen LogP contribution in [0.4, 0.5) is 0 Å². The Hall–Kier alpha value is -1.30. The van der Waals surface area contributed by atoms with Crippen LogP contribution in [0.25, 0.3) is 0 Å². The minimum absolute atomic E-state index is 0.0872. The van der Waals surface area contributed by atoms with Gasteiger partial charge in [0.2, 0.25) is 0 Å². The molecule has 74 valence electrons. The fourth-order valence-electron chi connectivity index (χ4n) is 1.32. The van der Waals surface area contributed by atoms with Crippen molar-refractivity contribution in [3.8, 4) is 12.3 Å². The van der Waals surface area contributed by atoms with Crippen molar-refractivity contribution in [2.24, 2.45) is 5.73 Å². The molecule has 14 heavy (non-hydrogen) atoms. The second kappa shape index (κ2) is 4.28. The zero-order valence-electron chi connectivity index (χ0n) is 8.33. The summed E-state index contributed by atoms with van der Waals surface area (Å²) >= 11 is 0. The van der Waals surface area contributed by atoms with Gasteiger partial charge in [-0.25, -0.2) is 0 Å². The van der Waals surface area contributed by atoms with Crippen LogP contribution in [0, 0.1) is 12.3 Å². The first-order chi connectivity index (χ1) is 6.60. The minimum Gasteiger partial charge on any atom is -0.396 e. The second-order valence-electron chi connectivity index (χ2n) is 3.61. The van der Waals surface area contributed by atoms with E-state index in [0.29, 0.717) is 6.42 Å². The monoisotopic (exact) mass is 189 g/mol. The third kappa shape index (κ3) is 2.35. The van der Waals surface area contributed by atoms with Gasteiger partial charge in [-0.2, -0.15) is 0 Å². The Labute approximate surface area is 84.8 Å². The SMILES string of the molecule is C#Cc1ccc([C@@](C)(N)CCO)cc1. The van der Waals surface area contributed by atoms with Crippen molar-refractivity contribution in [3.63, 3.8) is 0 Å². The second-order valence-corrected chi connectivity index (χ2v) is 3.61. The van der Waals surface area contributed by atoms with Gasteiger partial charge in [-0.05, 0) is 31.0 Å². The van der Waals surface area contributed by atoms with Crippen molar-refractivity contribution < 1.29 is 5.11 Å². The van der Waals surface area contributed by atoms with Gasteiger partial charge in [-0.3, -0.25) is 0 Å². The molecule has 2 heteroatoms. The normalized spacial score (nSPS) is 14.4. The van der Waals surface area contributed by atoms with Crippen LogP contribution in [-0.4, -0.2) is 11.7 Å². The van der Waals surface area contributed by atoms with Crippen LogP contribution in [0.15, 0.2) is 24.3 Å². The molecular formula is C12H15NO. The van der Waals surface area contributed by atoms with E-state index >= 15 is 0 Å². The standard InChI is InChI=1S/C12H15NO/c1-3-10-4-6-11(7-5-10)12(2,13)8-9-14/h1,4-7,14H,8-9,13H2,2H3/t12-/m0/s1. The van der Waals surface area contributed by atoms with Crippen LogP contribution in [0.3, 0.4) is 0 Å². The Balaban J connectivity index is 2.92. The highest BCUT2D eigenvalue weighted by Crippen LogP contribution is 2.21. The summed E-state index contributed by atoms with van der Waals surface area (Å²) in [6.07, 6.45) is 5.79. The molecule has 1 rings (SSSR count). The van der Waals surface area contributed by atoms with E-state index in [1.54, 1.807) is 0 Å². The van der Waals surface area contributed by atoms with Gasteiger partial charge in [-0.15, -0.1) is 6.42 Å². The lowest BCUT2D eigenvalue weighted by atomic mass is 9.90. The molecule has 0 unspecified atom stereocenters. The van der Waals surface area contributed by atoms with Crippen molar-refractivity contribution in [2.45, 2.75) is 18.9 Å². The molecule has 0 amide bonds. The van der Waals surface area contributed by atoms with Gasteiger partial charge in [0.1, 0.15) is 0 Å². The molecule has 0 fully saturated rings. The molecule has 0 saturated carbocycles. The van der Waals surface area contributed by atoms with Crippen LogP contribution in [0.5, 0.6) is 0 Å². The lowest BCUT2D eigenvalue weighted by Gasteiger charge is -2.24. The fourth-order valence-corrected chi connectivity index (χ4v) is 1.32. The lowest BCUT2D eigenvalue weighted by molar-refractivity contribution is 0.247. The number of aliphatic hydroxyl groups is 1. The summed E-state index contributed by atoms with van der Waals surface area (Å²) in [5.74, 6) is 2.55. The molecular weight excluding hydrogens is 174 g/mol. The zero-order valence-corrected chi connectivity index (χ0v) is 8.33. The van der Waals surface area contributed by atoms with Gasteiger partial charge in [0.15, 0.2) is 0 Å². The van der Waals surface area contributed by atoms with E-state index < -0.39 is 5.54 Å². The summed E-state index contributed by atoms with van der Waals surface area (Å²) in [7, 11) is 0. The molecule has 1 atom stereocenters. The van der Waals surface area contributed by atoms with Gasteiger partial charge in [0.05, 0.1) is 0 Å². The summed E-state index contributed by atoms with van der Waals surface area (Å²) in [5.41, 5.74) is 7.38. The molecule has 0 aromatic heterocycles. The van der Waals surface area contributed by atoms with E-state index in [9.17, 15) is 0 Å². The van der Waals surface area contributed by atoms with Gasteiger partial charge < -0.3 is 10.8 Å². The maximum absolute atomic E-state index is 8.85. The predicted octanol–water partition coefficient (Wildman–Crippen LogP) is 1.22. The van der Waals surface area contributed by atoms with E-state index in [0.717, 1.165) is 11.1 Å². The first-order valence-corrected chi connectivity index (χ1v) is 4.57. The number of benzene rings is 1. The van der Waals surface area contributed by atoms with Crippen molar-refractivity contribution in [1.82, 2.24) is 0 Å². The van der Waals surface area contributed by atoms with Gasteiger partial charge in [-0.1, -0.05) is 18.1 Å². The molecule has 0 radical (unpaired) electrons. The molecule has 0 saturated heterocycles. The first kappa shape index (κ1) is 10.8. The van der Waals surface area contributed by atoms with Crippen LogP contribution in [0.1, 0.15) is 24.5 Å². The van der Waals surface area contributed by atoms with E-state index in [-0.39, 0.29) is 6.61 Å². The summed E-state index contributed by atoms with van der Waals surface area (Å²) in [5, 5.41) is 8.85. The molecule has 3 N–H and O–H groups in total. The van der Waals surface area contributed by atoms with Crippen LogP contribution in [0.2, 0.25) is 0 Å². The van der Waals surface area contributed by atoms with E-state index in [1.807, 2.05) is 31.2 Å². The maximum Gasteiger partial charge on any atom is 0.0451 e. The van der Waals surface area contributed by atoms with Crippen molar-refractivity contribution in [1.29, 1.82) is 0 Å². The minimum atomic E-state index is -0.484. The highest BCUT2D eigenvalue weighted by molar-refractivity contribution is 5.36. The molecule has 0 aliphatic carbocycles. The Morgan fingerprint density at radius 3 is 2.43 bits per heavy atom. The topological polar surface area (TPSA) is 46.2 Å². The smallest absolute Gasteiger partial charge is 0.0451 e. The molecule has 0 heterocycles.